The number of hydrogen-bond donors (Lipinski definition) is 1. The molecule has 1 heterocycles. The van der Waals surface area contributed by atoms with E-state index in [9.17, 15) is 9.18 Å². The number of aromatic nitrogens is 2. The number of nitrogens with one attached hydrogen (secondary N) is 1. The number of benzene rings is 3. The van der Waals surface area contributed by atoms with Crippen molar-refractivity contribution in [1.82, 2.24) is 14.9 Å². The van der Waals surface area contributed by atoms with Gasteiger partial charge >= 0.3 is 0 Å². The standard InChI is InChI=1S/C24H22FN3O/c1-17(18-11-13-19(25)14-12-18)26-24(29)16-15-23-27-21-9-5-6-10-22(21)28(23)20-7-3-2-4-8-20/h2-14,17H,15-16H2,1H3,(H,26,29). The van der Waals surface area contributed by atoms with E-state index in [2.05, 4.69) is 9.88 Å². The maximum absolute atomic E-state index is 13.1. The summed E-state index contributed by atoms with van der Waals surface area (Å²) in [4.78, 5) is 17.3. The van der Waals surface area contributed by atoms with E-state index in [1.165, 1.54) is 12.1 Å². The molecule has 146 valence electrons. The molecule has 4 nitrogen and oxygen atoms in total. The van der Waals surface area contributed by atoms with Gasteiger partial charge in [0.25, 0.3) is 0 Å². The minimum atomic E-state index is -0.285. The Morgan fingerprint density at radius 3 is 2.45 bits per heavy atom. The van der Waals surface area contributed by atoms with Crippen LogP contribution in [-0.4, -0.2) is 15.5 Å². The maximum atomic E-state index is 13.1. The van der Waals surface area contributed by atoms with Crippen molar-refractivity contribution in [1.29, 1.82) is 0 Å². The largest absolute Gasteiger partial charge is 0.350 e. The van der Waals surface area contributed by atoms with E-state index >= 15 is 0 Å². The van der Waals surface area contributed by atoms with Crippen LogP contribution in [0.1, 0.15) is 30.8 Å². The van der Waals surface area contributed by atoms with Crippen molar-refractivity contribution in [3.63, 3.8) is 0 Å². The van der Waals surface area contributed by atoms with Crippen LogP contribution in [0.2, 0.25) is 0 Å². The minimum Gasteiger partial charge on any atom is -0.350 e. The van der Waals surface area contributed by atoms with Gasteiger partial charge in [-0.15, -0.1) is 0 Å². The molecule has 4 aromatic rings. The fourth-order valence-electron chi connectivity index (χ4n) is 3.48. The second-order valence-electron chi connectivity index (χ2n) is 7.03. The van der Waals surface area contributed by atoms with Crippen LogP contribution in [0.15, 0.2) is 78.9 Å². The lowest BCUT2D eigenvalue weighted by molar-refractivity contribution is -0.121. The molecule has 0 aliphatic carbocycles. The van der Waals surface area contributed by atoms with Crippen molar-refractivity contribution >= 4 is 16.9 Å². The third-order valence-corrected chi connectivity index (χ3v) is 4.97. The maximum Gasteiger partial charge on any atom is 0.220 e. The number of amides is 1. The third-order valence-electron chi connectivity index (χ3n) is 4.97. The Kier molecular flexibility index (Phi) is 5.38. The van der Waals surface area contributed by atoms with Gasteiger partial charge in [-0.25, -0.2) is 9.37 Å². The molecule has 0 fully saturated rings. The van der Waals surface area contributed by atoms with Crippen LogP contribution in [0.4, 0.5) is 4.39 Å². The van der Waals surface area contributed by atoms with Gasteiger partial charge in [0, 0.05) is 18.5 Å². The molecule has 0 aliphatic rings. The first kappa shape index (κ1) is 18.9. The van der Waals surface area contributed by atoms with Crippen molar-refractivity contribution in [3.8, 4) is 5.69 Å². The van der Waals surface area contributed by atoms with Gasteiger partial charge in [0.15, 0.2) is 0 Å². The molecule has 1 aromatic heterocycles. The molecule has 0 spiro atoms. The Balaban J connectivity index is 1.51. The Morgan fingerprint density at radius 1 is 1.00 bits per heavy atom. The highest BCUT2D eigenvalue weighted by Gasteiger charge is 2.15. The van der Waals surface area contributed by atoms with Gasteiger partial charge in [0.1, 0.15) is 11.6 Å². The number of hydrogen-bond acceptors (Lipinski definition) is 2. The molecule has 4 rings (SSSR count). The van der Waals surface area contributed by atoms with Crippen LogP contribution >= 0.6 is 0 Å². The Labute approximate surface area is 169 Å². The molecule has 1 amide bonds. The number of para-hydroxylation sites is 3. The molecule has 1 N–H and O–H groups in total. The summed E-state index contributed by atoms with van der Waals surface area (Å²) >= 11 is 0. The smallest absolute Gasteiger partial charge is 0.220 e. The molecular formula is C24H22FN3O. The van der Waals surface area contributed by atoms with E-state index in [4.69, 9.17) is 4.98 Å². The molecule has 3 aromatic carbocycles. The fourth-order valence-corrected chi connectivity index (χ4v) is 3.48. The Bertz CT molecular complexity index is 1120. The van der Waals surface area contributed by atoms with E-state index in [-0.39, 0.29) is 17.8 Å². The monoisotopic (exact) mass is 387 g/mol. The summed E-state index contributed by atoms with van der Waals surface area (Å²) in [5.41, 5.74) is 3.83. The highest BCUT2D eigenvalue weighted by Crippen LogP contribution is 2.22. The molecular weight excluding hydrogens is 365 g/mol. The summed E-state index contributed by atoms with van der Waals surface area (Å²) in [7, 11) is 0. The van der Waals surface area contributed by atoms with Crippen LogP contribution in [0.5, 0.6) is 0 Å². The number of fused-ring (bicyclic) bond motifs is 1. The Hall–Kier alpha value is -3.47. The van der Waals surface area contributed by atoms with Gasteiger partial charge in [-0.1, -0.05) is 42.5 Å². The molecule has 0 bridgehead atoms. The first-order valence-electron chi connectivity index (χ1n) is 9.68. The van der Waals surface area contributed by atoms with Crippen LogP contribution in [0, 0.1) is 5.82 Å². The minimum absolute atomic E-state index is 0.0616. The molecule has 29 heavy (non-hydrogen) atoms. The number of aryl methyl sites for hydroxylation is 1. The lowest BCUT2D eigenvalue weighted by atomic mass is 10.1. The highest BCUT2D eigenvalue weighted by atomic mass is 19.1. The zero-order chi connectivity index (χ0) is 20.2. The van der Waals surface area contributed by atoms with E-state index in [1.54, 1.807) is 12.1 Å². The van der Waals surface area contributed by atoms with Crippen LogP contribution < -0.4 is 5.32 Å². The average Bonchev–Trinajstić information content (AvgIpc) is 3.12. The molecule has 0 saturated heterocycles. The topological polar surface area (TPSA) is 46.9 Å². The van der Waals surface area contributed by atoms with Gasteiger partial charge in [-0.05, 0) is 48.9 Å². The second kappa shape index (κ2) is 8.27. The SMILES string of the molecule is CC(NC(=O)CCc1nc2ccccc2n1-c1ccccc1)c1ccc(F)cc1. The highest BCUT2D eigenvalue weighted by molar-refractivity contribution is 5.79. The van der Waals surface area contributed by atoms with E-state index in [0.29, 0.717) is 12.8 Å². The summed E-state index contributed by atoms with van der Waals surface area (Å²) in [6.45, 7) is 1.89. The van der Waals surface area contributed by atoms with Crippen molar-refractivity contribution in [3.05, 3.63) is 96.1 Å². The van der Waals surface area contributed by atoms with Gasteiger partial charge in [0.05, 0.1) is 17.1 Å². The predicted molar refractivity (Wildman–Crippen MR) is 112 cm³/mol. The number of carbonyl (C=O) groups is 1. The number of carbonyl (C=O) groups excluding carboxylic acids is 1. The number of halogens is 1. The molecule has 0 saturated carbocycles. The molecule has 5 heteroatoms. The zero-order valence-electron chi connectivity index (χ0n) is 16.2. The van der Waals surface area contributed by atoms with Crippen molar-refractivity contribution in [2.45, 2.75) is 25.8 Å². The first-order chi connectivity index (χ1) is 14.1. The van der Waals surface area contributed by atoms with Crippen molar-refractivity contribution in [2.75, 3.05) is 0 Å². The number of imidazole rings is 1. The lowest BCUT2D eigenvalue weighted by Crippen LogP contribution is -2.27. The zero-order valence-corrected chi connectivity index (χ0v) is 16.2. The predicted octanol–water partition coefficient (Wildman–Crippen LogP) is 4.97. The Morgan fingerprint density at radius 2 is 1.69 bits per heavy atom. The van der Waals surface area contributed by atoms with Gasteiger partial charge in [-0.2, -0.15) is 0 Å². The number of rotatable bonds is 6. The quantitative estimate of drug-likeness (QED) is 0.507. The van der Waals surface area contributed by atoms with Crippen LogP contribution in [0.3, 0.4) is 0 Å². The van der Waals surface area contributed by atoms with Crippen molar-refractivity contribution in [2.24, 2.45) is 0 Å². The summed E-state index contributed by atoms with van der Waals surface area (Å²) in [5, 5.41) is 2.98. The molecule has 1 atom stereocenters. The number of nitrogens with zero attached hydrogens (tertiary/aromatic N) is 2. The van der Waals surface area contributed by atoms with Gasteiger partial charge in [0.2, 0.25) is 5.91 Å². The average molecular weight is 387 g/mol. The molecule has 1 unspecified atom stereocenters. The van der Waals surface area contributed by atoms with Crippen LogP contribution in [0.25, 0.3) is 16.7 Å². The summed E-state index contributed by atoms with van der Waals surface area (Å²) in [6.07, 6.45) is 0.841. The van der Waals surface area contributed by atoms with Crippen molar-refractivity contribution < 1.29 is 9.18 Å². The second-order valence-corrected chi connectivity index (χ2v) is 7.03. The first-order valence-corrected chi connectivity index (χ1v) is 9.68. The van der Waals surface area contributed by atoms with Gasteiger partial charge < -0.3 is 5.32 Å². The normalized spacial score (nSPS) is 12.1. The lowest BCUT2D eigenvalue weighted by Gasteiger charge is -2.14. The summed E-state index contributed by atoms with van der Waals surface area (Å²) < 4.78 is 15.2. The van der Waals surface area contributed by atoms with Crippen LogP contribution in [-0.2, 0) is 11.2 Å². The van der Waals surface area contributed by atoms with E-state index < -0.39 is 0 Å². The third kappa shape index (κ3) is 4.19. The fraction of sp³-hybridized carbons (Fsp3) is 0.167. The summed E-state index contributed by atoms with van der Waals surface area (Å²) in [5.74, 6) is 0.502. The molecule has 0 aliphatic heterocycles. The van der Waals surface area contributed by atoms with E-state index in [0.717, 1.165) is 28.1 Å². The van der Waals surface area contributed by atoms with E-state index in [1.807, 2.05) is 61.5 Å². The molecule has 0 radical (unpaired) electrons. The van der Waals surface area contributed by atoms with Gasteiger partial charge in [-0.3, -0.25) is 9.36 Å². The summed E-state index contributed by atoms with van der Waals surface area (Å²) in [6, 6.07) is 24.0.